The van der Waals surface area contributed by atoms with Crippen LogP contribution in [0.1, 0.15) is 27.0 Å². The molecule has 2 aromatic carbocycles. The van der Waals surface area contributed by atoms with Crippen LogP contribution in [-0.2, 0) is 13.0 Å². The Morgan fingerprint density at radius 3 is 2.74 bits per heavy atom. The van der Waals surface area contributed by atoms with Crippen LogP contribution in [0.25, 0.3) is 0 Å². The van der Waals surface area contributed by atoms with Crippen LogP contribution in [0, 0.1) is 6.92 Å². The van der Waals surface area contributed by atoms with E-state index in [-0.39, 0.29) is 0 Å². The number of rotatable bonds is 4. The van der Waals surface area contributed by atoms with Crippen molar-refractivity contribution in [2.75, 3.05) is 13.7 Å². The molecule has 4 heteroatoms. The molecule has 0 radical (unpaired) electrons. The van der Waals surface area contributed by atoms with Gasteiger partial charge in [0.2, 0.25) is 0 Å². The fourth-order valence-corrected chi connectivity index (χ4v) is 3.02. The number of carbonyl (C=O) groups is 1. The number of carboxylic acids is 1. The number of fused-ring (bicyclic) bond motifs is 1. The van der Waals surface area contributed by atoms with E-state index in [2.05, 4.69) is 36.2 Å². The van der Waals surface area contributed by atoms with Crippen molar-refractivity contribution in [3.63, 3.8) is 0 Å². The lowest BCUT2D eigenvalue weighted by atomic mass is 9.95. The summed E-state index contributed by atoms with van der Waals surface area (Å²) in [6, 6.07) is 14.0. The molecular formula is C19H21NO3. The van der Waals surface area contributed by atoms with Crippen LogP contribution in [0.15, 0.2) is 42.5 Å². The van der Waals surface area contributed by atoms with Gasteiger partial charge in [-0.05, 0) is 49.2 Å². The predicted octanol–water partition coefficient (Wildman–Crippen LogP) is 3.13. The molecule has 1 atom stereocenters. The Balaban J connectivity index is 1.69. The van der Waals surface area contributed by atoms with Gasteiger partial charge in [0.1, 0.15) is 12.4 Å². The first-order chi connectivity index (χ1) is 11.0. The Hall–Kier alpha value is -2.33. The largest absolute Gasteiger partial charge is 0.492 e. The van der Waals surface area contributed by atoms with Crippen molar-refractivity contribution in [1.82, 2.24) is 4.90 Å². The summed E-state index contributed by atoms with van der Waals surface area (Å²) in [5.41, 5.74) is 3.78. The molecule has 0 bridgehead atoms. The number of benzene rings is 2. The van der Waals surface area contributed by atoms with Gasteiger partial charge in [-0.25, -0.2) is 4.79 Å². The van der Waals surface area contributed by atoms with Gasteiger partial charge < -0.3 is 9.84 Å². The van der Waals surface area contributed by atoms with Crippen molar-refractivity contribution in [3.05, 3.63) is 64.7 Å². The fourth-order valence-electron chi connectivity index (χ4n) is 3.02. The number of hydrogen-bond acceptors (Lipinski definition) is 3. The second-order valence-electron chi connectivity index (χ2n) is 6.13. The average molecular weight is 311 g/mol. The Morgan fingerprint density at radius 2 is 2.00 bits per heavy atom. The molecule has 23 heavy (non-hydrogen) atoms. The Labute approximate surface area is 136 Å². The van der Waals surface area contributed by atoms with Gasteiger partial charge in [0.25, 0.3) is 0 Å². The smallest absolute Gasteiger partial charge is 0.336 e. The van der Waals surface area contributed by atoms with Crippen molar-refractivity contribution >= 4 is 5.97 Å². The summed E-state index contributed by atoms with van der Waals surface area (Å²) in [6.07, 6.45) is 0.949. The number of likely N-dealkylation sites (N-methyl/N-ethyl adjacent to an activating group) is 1. The highest BCUT2D eigenvalue weighted by atomic mass is 16.5. The van der Waals surface area contributed by atoms with Crippen LogP contribution in [-0.4, -0.2) is 35.7 Å². The van der Waals surface area contributed by atoms with Crippen LogP contribution >= 0.6 is 0 Å². The maximum Gasteiger partial charge on any atom is 0.336 e. The molecular weight excluding hydrogens is 290 g/mol. The Bertz CT molecular complexity index is 726. The molecule has 1 aliphatic heterocycles. The van der Waals surface area contributed by atoms with Crippen molar-refractivity contribution in [2.24, 2.45) is 0 Å². The van der Waals surface area contributed by atoms with Crippen LogP contribution in [0.4, 0.5) is 0 Å². The third-order valence-corrected chi connectivity index (χ3v) is 4.50. The van der Waals surface area contributed by atoms with E-state index in [1.807, 2.05) is 6.07 Å². The highest BCUT2D eigenvalue weighted by Crippen LogP contribution is 2.23. The number of nitrogens with zero attached hydrogens (tertiary/aromatic N) is 1. The monoisotopic (exact) mass is 311 g/mol. The van der Waals surface area contributed by atoms with Crippen molar-refractivity contribution < 1.29 is 14.6 Å². The normalized spacial score (nSPS) is 17.6. The topological polar surface area (TPSA) is 49.8 Å². The average Bonchev–Trinajstić information content (AvgIpc) is 2.53. The van der Waals surface area contributed by atoms with E-state index in [0.29, 0.717) is 24.0 Å². The van der Waals surface area contributed by atoms with E-state index < -0.39 is 5.97 Å². The van der Waals surface area contributed by atoms with Gasteiger partial charge in [-0.2, -0.15) is 0 Å². The van der Waals surface area contributed by atoms with Gasteiger partial charge >= 0.3 is 5.97 Å². The molecule has 0 aromatic heterocycles. The van der Waals surface area contributed by atoms with E-state index in [1.165, 1.54) is 11.1 Å². The fraction of sp³-hybridized carbons (Fsp3) is 0.316. The summed E-state index contributed by atoms with van der Waals surface area (Å²) in [6.45, 7) is 3.25. The third-order valence-electron chi connectivity index (χ3n) is 4.50. The van der Waals surface area contributed by atoms with Crippen molar-refractivity contribution in [3.8, 4) is 5.75 Å². The Morgan fingerprint density at radius 1 is 1.26 bits per heavy atom. The van der Waals surface area contributed by atoms with Gasteiger partial charge in [0, 0.05) is 12.6 Å². The maximum atomic E-state index is 11.2. The van der Waals surface area contributed by atoms with E-state index in [0.717, 1.165) is 18.5 Å². The number of ether oxygens (including phenoxy) is 1. The molecule has 0 saturated heterocycles. The van der Waals surface area contributed by atoms with Crippen LogP contribution < -0.4 is 4.74 Å². The zero-order valence-electron chi connectivity index (χ0n) is 13.5. The standard InChI is InChI=1S/C19H21NO3/c1-13-7-8-17(10-18(13)19(21)22)23-12-16-9-14-5-3-4-6-15(14)11-20(16)2/h3-8,10,16H,9,11-12H2,1-2H3,(H,21,22). The third kappa shape index (κ3) is 3.37. The molecule has 0 aliphatic carbocycles. The van der Waals surface area contributed by atoms with Gasteiger partial charge in [-0.3, -0.25) is 4.90 Å². The second kappa shape index (κ2) is 6.42. The highest BCUT2D eigenvalue weighted by molar-refractivity contribution is 5.89. The molecule has 4 nitrogen and oxygen atoms in total. The lowest BCUT2D eigenvalue weighted by Gasteiger charge is -2.33. The van der Waals surface area contributed by atoms with Gasteiger partial charge in [0.05, 0.1) is 5.56 Å². The second-order valence-corrected chi connectivity index (χ2v) is 6.13. The van der Waals surface area contributed by atoms with Gasteiger partial charge in [-0.15, -0.1) is 0 Å². The first-order valence-electron chi connectivity index (χ1n) is 7.78. The molecule has 2 aromatic rings. The molecule has 0 spiro atoms. The quantitative estimate of drug-likeness (QED) is 0.942. The number of aryl methyl sites for hydroxylation is 1. The molecule has 3 rings (SSSR count). The Kier molecular flexibility index (Phi) is 4.35. The zero-order chi connectivity index (χ0) is 16.4. The number of carboxylic acid groups (broad SMARTS) is 1. The summed E-state index contributed by atoms with van der Waals surface area (Å²) in [4.78, 5) is 13.5. The summed E-state index contributed by atoms with van der Waals surface area (Å²) >= 11 is 0. The van der Waals surface area contributed by atoms with Gasteiger partial charge in [-0.1, -0.05) is 30.3 Å². The molecule has 1 N–H and O–H groups in total. The van der Waals surface area contributed by atoms with Crippen LogP contribution in [0.3, 0.4) is 0 Å². The van der Waals surface area contributed by atoms with Crippen molar-refractivity contribution in [1.29, 1.82) is 0 Å². The molecule has 0 amide bonds. The minimum absolute atomic E-state index is 0.291. The first-order valence-corrected chi connectivity index (χ1v) is 7.78. The van der Waals surface area contributed by atoms with E-state index in [1.54, 1.807) is 19.1 Å². The van der Waals surface area contributed by atoms with Gasteiger partial charge in [0.15, 0.2) is 0 Å². The molecule has 1 unspecified atom stereocenters. The number of aromatic carboxylic acids is 1. The van der Waals surface area contributed by atoms with Crippen molar-refractivity contribution in [2.45, 2.75) is 25.9 Å². The van der Waals surface area contributed by atoms with Crippen LogP contribution in [0.5, 0.6) is 5.75 Å². The predicted molar refractivity (Wildman–Crippen MR) is 89.0 cm³/mol. The summed E-state index contributed by atoms with van der Waals surface area (Å²) in [5.74, 6) is -0.308. The zero-order valence-corrected chi connectivity index (χ0v) is 13.5. The highest BCUT2D eigenvalue weighted by Gasteiger charge is 2.23. The van der Waals surface area contributed by atoms with E-state index in [4.69, 9.17) is 4.74 Å². The molecule has 0 saturated carbocycles. The minimum Gasteiger partial charge on any atom is -0.492 e. The number of hydrogen-bond donors (Lipinski definition) is 1. The first kappa shape index (κ1) is 15.6. The molecule has 1 aliphatic rings. The summed E-state index contributed by atoms with van der Waals surface area (Å²) in [5, 5.41) is 9.19. The summed E-state index contributed by atoms with van der Waals surface area (Å²) in [7, 11) is 2.10. The minimum atomic E-state index is -0.920. The van der Waals surface area contributed by atoms with E-state index in [9.17, 15) is 9.90 Å². The maximum absolute atomic E-state index is 11.2. The summed E-state index contributed by atoms with van der Waals surface area (Å²) < 4.78 is 5.87. The lowest BCUT2D eigenvalue weighted by Crippen LogP contribution is -2.41. The lowest BCUT2D eigenvalue weighted by molar-refractivity contribution is 0.0695. The van der Waals surface area contributed by atoms with E-state index >= 15 is 0 Å². The van der Waals surface area contributed by atoms with Crippen LogP contribution in [0.2, 0.25) is 0 Å². The molecule has 120 valence electrons. The molecule has 0 fully saturated rings. The SMILES string of the molecule is Cc1ccc(OCC2Cc3ccccc3CN2C)cc1C(=O)O. The molecule has 1 heterocycles.